The Bertz CT molecular complexity index is 255. The van der Waals surface area contributed by atoms with Crippen molar-refractivity contribution in [2.45, 2.75) is 6.92 Å². The molecular formula is C8H7ORbSe. The summed E-state index contributed by atoms with van der Waals surface area (Å²) in [6.45, 7) is 2.03. The van der Waals surface area contributed by atoms with Gasteiger partial charge in [0, 0.05) is 0 Å². The monoisotopic (exact) mass is 284 g/mol. The molecule has 0 radical (unpaired) electrons. The van der Waals surface area contributed by atoms with E-state index in [1.54, 1.807) is 0 Å². The molecule has 0 bridgehead atoms. The maximum absolute atomic E-state index is 11.2. The van der Waals surface area contributed by atoms with Crippen LogP contribution in [-0.2, 0) is 0 Å². The van der Waals surface area contributed by atoms with Gasteiger partial charge in [-0.15, -0.1) is 0 Å². The number of carbonyl (C=O) groups is 1. The molecule has 0 N–H and O–H groups in total. The summed E-state index contributed by atoms with van der Waals surface area (Å²) in [4.78, 5) is 11.2. The van der Waals surface area contributed by atoms with Crippen molar-refractivity contribution in [2.24, 2.45) is 0 Å². The molecule has 0 aliphatic carbocycles. The van der Waals surface area contributed by atoms with Crippen molar-refractivity contribution in [1.29, 1.82) is 0 Å². The number of hydrogen-bond acceptors (Lipinski definition) is 1. The zero-order valence-corrected chi connectivity index (χ0v) is 13.3. The molecule has 0 spiro atoms. The molecule has 0 atom stereocenters. The summed E-state index contributed by atoms with van der Waals surface area (Å²) in [5, 5.41) is 0. The summed E-state index contributed by atoms with van der Waals surface area (Å²) in [5.74, 6) is 0. The third-order valence-electron chi connectivity index (χ3n) is 1.47. The Morgan fingerprint density at radius 3 is 2.36 bits per heavy atom. The van der Waals surface area contributed by atoms with Crippen LogP contribution in [0.25, 0.3) is 0 Å². The van der Waals surface area contributed by atoms with Gasteiger partial charge in [-0.1, -0.05) is 0 Å². The quantitative estimate of drug-likeness (QED) is 0.738. The number of benzene rings is 1. The van der Waals surface area contributed by atoms with Crippen LogP contribution in [0.2, 0.25) is 0 Å². The molecule has 3 heteroatoms. The molecule has 0 amide bonds. The molecule has 52 valence electrons. The second-order valence-electron chi connectivity index (χ2n) is 2.36. The molecule has 0 fully saturated rings. The molecule has 1 aromatic rings. The zero-order valence-electron chi connectivity index (χ0n) is 6.63. The van der Waals surface area contributed by atoms with Crippen LogP contribution in [0.3, 0.4) is 0 Å². The number of hydrogen-bond donors (Lipinski definition) is 0. The van der Waals surface area contributed by atoms with Crippen molar-refractivity contribution < 1.29 is 4.79 Å². The molecule has 0 unspecified atom stereocenters. The van der Waals surface area contributed by atoms with E-state index in [4.69, 9.17) is 0 Å². The first-order chi connectivity index (χ1) is 5.24. The summed E-state index contributed by atoms with van der Waals surface area (Å²) in [6.07, 6.45) is 0. The zero-order chi connectivity index (χ0) is 8.27. The van der Waals surface area contributed by atoms with Gasteiger partial charge >= 0.3 is 107 Å². The van der Waals surface area contributed by atoms with Crippen LogP contribution in [-0.4, -0.2) is 60.4 Å². The average Bonchev–Trinajstić information content (AvgIpc) is 2.05. The van der Waals surface area contributed by atoms with E-state index in [1.807, 2.05) is 31.2 Å². The summed E-state index contributed by atoms with van der Waals surface area (Å²) in [7, 11) is 0. The minimum absolute atomic E-state index is 0.303. The van der Waals surface area contributed by atoms with E-state index in [1.165, 1.54) is 5.56 Å². The molecule has 0 saturated carbocycles. The Morgan fingerprint density at radius 2 is 1.91 bits per heavy atom. The topological polar surface area (TPSA) is 17.1 Å². The second kappa shape index (κ2) is 5.05. The molecule has 0 heterocycles. The summed E-state index contributed by atoms with van der Waals surface area (Å²) >= 11 is 0.547. The van der Waals surface area contributed by atoms with Crippen LogP contribution >= 0.6 is 0 Å². The van der Waals surface area contributed by atoms with Crippen LogP contribution in [0, 0.1) is 6.92 Å². The number of rotatable bonds is 2. The van der Waals surface area contributed by atoms with E-state index >= 15 is 0 Å². The van der Waals surface area contributed by atoms with Gasteiger partial charge in [-0.2, -0.15) is 0 Å². The van der Waals surface area contributed by atoms with Crippen LogP contribution in [0.4, 0.5) is 0 Å². The van der Waals surface area contributed by atoms with Crippen molar-refractivity contribution in [1.82, 2.24) is 0 Å². The Labute approximate surface area is 105 Å². The fourth-order valence-corrected chi connectivity index (χ4v) is 4.60. The van der Waals surface area contributed by atoms with Gasteiger partial charge in [0.1, 0.15) is 0 Å². The third kappa shape index (κ3) is 3.21. The van der Waals surface area contributed by atoms with Crippen molar-refractivity contribution in [3.63, 3.8) is 0 Å². The number of aryl methyl sites for hydroxylation is 1. The predicted molar refractivity (Wildman–Crippen MR) is 47.0 cm³/mol. The van der Waals surface area contributed by atoms with Gasteiger partial charge in [0.25, 0.3) is 0 Å². The second-order valence-corrected chi connectivity index (χ2v) is 9.21. The van der Waals surface area contributed by atoms with Crippen LogP contribution in [0.1, 0.15) is 15.9 Å². The van der Waals surface area contributed by atoms with Gasteiger partial charge in [0.2, 0.25) is 0 Å². The standard InChI is InChI=1S/C8H8OSe.Rb/c1-6-2-4-7(5-3-6)8(9)10;/h2-5H,1H3,(H,9,10);/q;+1/p-1. The normalized spacial score (nSPS) is 9.73. The van der Waals surface area contributed by atoms with E-state index in [2.05, 4.69) is 0 Å². The Hall–Kier alpha value is 1.21. The first kappa shape index (κ1) is 10.3. The van der Waals surface area contributed by atoms with Crippen LogP contribution in [0.5, 0.6) is 0 Å². The summed E-state index contributed by atoms with van der Waals surface area (Å²) in [5.41, 5.74) is 2.11. The summed E-state index contributed by atoms with van der Waals surface area (Å²) < 4.78 is 0.671. The van der Waals surface area contributed by atoms with Gasteiger partial charge in [0.05, 0.1) is 0 Å². The van der Waals surface area contributed by atoms with Crippen molar-refractivity contribution in [3.8, 4) is 0 Å². The Kier molecular flexibility index (Phi) is 4.73. The fourth-order valence-electron chi connectivity index (χ4n) is 0.807. The molecular weight excluding hydrogens is 277 g/mol. The number of carbonyl (C=O) groups excluding carboxylic acids is 1. The van der Waals surface area contributed by atoms with Crippen LogP contribution < -0.4 is 0 Å². The minimum atomic E-state index is 0.303. The molecule has 1 rings (SSSR count). The SMILES string of the molecule is Cc1ccc(C(=O)[Se][Rb])cc1. The predicted octanol–water partition coefficient (Wildman–Crippen LogP) is 0.923. The third-order valence-corrected chi connectivity index (χ3v) is 7.48. The first-order valence-corrected chi connectivity index (χ1v) is 16.4. The molecule has 0 saturated heterocycles. The maximum atomic E-state index is 11.2. The average molecular weight is 284 g/mol. The van der Waals surface area contributed by atoms with E-state index in [0.29, 0.717) is 60.4 Å². The van der Waals surface area contributed by atoms with Gasteiger partial charge in [-0.3, -0.25) is 0 Å². The van der Waals surface area contributed by atoms with E-state index in [9.17, 15) is 4.79 Å². The Balaban J connectivity index is 2.90. The summed E-state index contributed by atoms with van der Waals surface area (Å²) in [6, 6.07) is 7.84. The molecule has 0 aliphatic rings. The van der Waals surface area contributed by atoms with Crippen LogP contribution in [0.15, 0.2) is 24.3 Å². The van der Waals surface area contributed by atoms with Gasteiger partial charge < -0.3 is 0 Å². The van der Waals surface area contributed by atoms with E-state index in [-0.39, 0.29) is 0 Å². The Morgan fingerprint density at radius 1 is 1.36 bits per heavy atom. The molecule has 1 nitrogen and oxygen atoms in total. The van der Waals surface area contributed by atoms with Gasteiger partial charge in [-0.25, -0.2) is 0 Å². The molecule has 0 aromatic heterocycles. The molecule has 11 heavy (non-hydrogen) atoms. The molecule has 0 aliphatic heterocycles. The fraction of sp³-hybridized carbons (Fsp3) is 0.125. The van der Waals surface area contributed by atoms with E-state index in [0.717, 1.165) is 5.56 Å². The van der Waals surface area contributed by atoms with Crippen molar-refractivity contribution in [2.75, 3.05) is 0 Å². The first-order valence-electron chi connectivity index (χ1n) is 3.39. The van der Waals surface area contributed by atoms with Crippen molar-refractivity contribution in [3.05, 3.63) is 35.4 Å². The van der Waals surface area contributed by atoms with E-state index < -0.39 is 0 Å². The van der Waals surface area contributed by atoms with Gasteiger partial charge in [0.15, 0.2) is 0 Å². The molecule has 1 aromatic carbocycles. The van der Waals surface area contributed by atoms with Gasteiger partial charge in [-0.05, 0) is 0 Å². The van der Waals surface area contributed by atoms with Crippen molar-refractivity contribution >= 4 is 60.4 Å².